The number of carbonyl (C=O) groups excluding carboxylic acids is 1. The van der Waals surface area contributed by atoms with Gasteiger partial charge in [-0.25, -0.2) is 0 Å². The van der Waals surface area contributed by atoms with E-state index in [2.05, 4.69) is 5.32 Å². The fraction of sp³-hybridized carbons (Fsp3) is 0.188. The molecule has 2 rings (SSSR count). The van der Waals surface area contributed by atoms with Crippen molar-refractivity contribution in [3.8, 4) is 5.75 Å². The molecule has 22 heavy (non-hydrogen) atoms. The average molecular weight is 339 g/mol. The SMILES string of the molecule is CCC(Oc1ccccc1)C(=O)Nc1cc(Cl)c(N)c(Cl)c1. The molecule has 0 aliphatic carbocycles. The van der Waals surface area contributed by atoms with E-state index in [4.69, 9.17) is 33.7 Å². The monoisotopic (exact) mass is 338 g/mol. The van der Waals surface area contributed by atoms with Crippen LogP contribution in [0.1, 0.15) is 13.3 Å². The molecule has 0 spiro atoms. The van der Waals surface area contributed by atoms with Gasteiger partial charge in [0.2, 0.25) is 0 Å². The number of carbonyl (C=O) groups is 1. The first-order chi connectivity index (χ1) is 10.5. The van der Waals surface area contributed by atoms with Crippen LogP contribution in [0.5, 0.6) is 5.75 Å². The first-order valence-corrected chi connectivity index (χ1v) is 7.54. The number of benzene rings is 2. The lowest BCUT2D eigenvalue weighted by molar-refractivity contribution is -0.122. The number of nitrogen functional groups attached to an aromatic ring is 1. The van der Waals surface area contributed by atoms with Crippen molar-refractivity contribution in [2.24, 2.45) is 0 Å². The summed E-state index contributed by atoms with van der Waals surface area (Å²) in [6.45, 7) is 1.87. The molecule has 0 bridgehead atoms. The number of para-hydroxylation sites is 1. The summed E-state index contributed by atoms with van der Waals surface area (Å²) < 4.78 is 5.68. The van der Waals surface area contributed by atoms with Crippen LogP contribution in [-0.2, 0) is 4.79 Å². The molecule has 1 unspecified atom stereocenters. The Labute approximate surface area is 139 Å². The van der Waals surface area contributed by atoms with E-state index in [9.17, 15) is 4.79 Å². The fourth-order valence-corrected chi connectivity index (χ4v) is 2.35. The van der Waals surface area contributed by atoms with Crippen LogP contribution < -0.4 is 15.8 Å². The van der Waals surface area contributed by atoms with Gasteiger partial charge in [0.25, 0.3) is 5.91 Å². The van der Waals surface area contributed by atoms with Crippen LogP contribution in [0.2, 0.25) is 10.0 Å². The predicted molar refractivity (Wildman–Crippen MR) is 90.7 cm³/mol. The number of halogens is 2. The van der Waals surface area contributed by atoms with Crippen LogP contribution in [0.4, 0.5) is 11.4 Å². The molecule has 0 radical (unpaired) electrons. The summed E-state index contributed by atoms with van der Waals surface area (Å²) in [5.41, 5.74) is 6.43. The summed E-state index contributed by atoms with van der Waals surface area (Å²) in [4.78, 5) is 12.3. The lowest BCUT2D eigenvalue weighted by atomic mass is 10.2. The van der Waals surface area contributed by atoms with Gasteiger partial charge in [0.05, 0.1) is 15.7 Å². The smallest absolute Gasteiger partial charge is 0.265 e. The quantitative estimate of drug-likeness (QED) is 0.795. The standard InChI is InChI=1S/C16H16Cl2N2O2/c1-2-14(22-11-6-4-3-5-7-11)16(21)20-10-8-12(17)15(19)13(18)9-10/h3-9,14H,2,19H2,1H3,(H,20,21). The van der Waals surface area contributed by atoms with E-state index < -0.39 is 6.10 Å². The fourth-order valence-electron chi connectivity index (χ4n) is 1.86. The number of nitrogens with one attached hydrogen (secondary N) is 1. The van der Waals surface area contributed by atoms with Gasteiger partial charge in [0.1, 0.15) is 5.75 Å². The zero-order valence-electron chi connectivity index (χ0n) is 12.0. The molecule has 0 saturated heterocycles. The number of amides is 1. The molecule has 0 aliphatic rings. The second-order valence-electron chi connectivity index (χ2n) is 4.67. The maximum Gasteiger partial charge on any atom is 0.265 e. The molecular weight excluding hydrogens is 323 g/mol. The van der Waals surface area contributed by atoms with Crippen molar-refractivity contribution in [1.82, 2.24) is 0 Å². The van der Waals surface area contributed by atoms with Crippen molar-refractivity contribution in [3.63, 3.8) is 0 Å². The molecule has 0 heterocycles. The van der Waals surface area contributed by atoms with E-state index in [1.54, 1.807) is 24.3 Å². The number of hydrogen-bond donors (Lipinski definition) is 2. The van der Waals surface area contributed by atoms with Crippen molar-refractivity contribution in [3.05, 3.63) is 52.5 Å². The lowest BCUT2D eigenvalue weighted by Crippen LogP contribution is -2.32. The molecule has 0 aromatic heterocycles. The minimum atomic E-state index is -0.613. The Bertz CT molecular complexity index is 639. The second-order valence-corrected chi connectivity index (χ2v) is 5.49. The van der Waals surface area contributed by atoms with Gasteiger partial charge in [-0.3, -0.25) is 4.79 Å². The molecule has 2 aromatic carbocycles. The number of nitrogens with two attached hydrogens (primary N) is 1. The van der Waals surface area contributed by atoms with Gasteiger partial charge >= 0.3 is 0 Å². The largest absolute Gasteiger partial charge is 0.481 e. The molecule has 0 aliphatic heterocycles. The van der Waals surface area contributed by atoms with E-state index in [0.717, 1.165) is 0 Å². The molecule has 6 heteroatoms. The summed E-state index contributed by atoms with van der Waals surface area (Å²) in [5.74, 6) is 0.362. The molecule has 3 N–H and O–H groups in total. The zero-order valence-corrected chi connectivity index (χ0v) is 13.5. The van der Waals surface area contributed by atoms with E-state index in [1.165, 1.54) is 0 Å². The third-order valence-corrected chi connectivity index (χ3v) is 3.66. The molecule has 0 fully saturated rings. The highest BCUT2D eigenvalue weighted by Gasteiger charge is 2.19. The second kappa shape index (κ2) is 7.38. The number of rotatable bonds is 5. The summed E-state index contributed by atoms with van der Waals surface area (Å²) in [6.07, 6.45) is -0.0885. The minimum Gasteiger partial charge on any atom is -0.481 e. The Hall–Kier alpha value is -1.91. The highest BCUT2D eigenvalue weighted by atomic mass is 35.5. The first-order valence-electron chi connectivity index (χ1n) is 6.78. The molecule has 4 nitrogen and oxygen atoms in total. The van der Waals surface area contributed by atoms with Crippen LogP contribution in [0.25, 0.3) is 0 Å². The maximum absolute atomic E-state index is 12.3. The van der Waals surface area contributed by atoms with Crippen LogP contribution in [0.3, 0.4) is 0 Å². The van der Waals surface area contributed by atoms with Crippen molar-refractivity contribution >= 4 is 40.5 Å². The van der Waals surface area contributed by atoms with Crippen molar-refractivity contribution in [2.45, 2.75) is 19.4 Å². The first kappa shape index (κ1) is 16.5. The molecule has 0 saturated carbocycles. The highest BCUT2D eigenvalue weighted by molar-refractivity contribution is 6.39. The van der Waals surface area contributed by atoms with E-state index in [0.29, 0.717) is 27.9 Å². The number of hydrogen-bond acceptors (Lipinski definition) is 3. The van der Waals surface area contributed by atoms with Crippen molar-refractivity contribution in [1.29, 1.82) is 0 Å². The highest BCUT2D eigenvalue weighted by Crippen LogP contribution is 2.31. The Kier molecular flexibility index (Phi) is 5.52. The van der Waals surface area contributed by atoms with E-state index in [1.807, 2.05) is 25.1 Å². The van der Waals surface area contributed by atoms with Crippen molar-refractivity contribution < 1.29 is 9.53 Å². The third kappa shape index (κ3) is 4.06. The van der Waals surface area contributed by atoms with Gasteiger partial charge in [-0.15, -0.1) is 0 Å². The molecule has 116 valence electrons. The van der Waals surface area contributed by atoms with Gasteiger partial charge in [-0.05, 0) is 30.7 Å². The van der Waals surface area contributed by atoms with E-state index in [-0.39, 0.29) is 11.6 Å². The molecule has 1 atom stereocenters. The Morgan fingerprint density at radius 2 is 1.82 bits per heavy atom. The zero-order chi connectivity index (χ0) is 16.1. The van der Waals surface area contributed by atoms with Crippen LogP contribution in [-0.4, -0.2) is 12.0 Å². The Morgan fingerprint density at radius 1 is 1.23 bits per heavy atom. The lowest BCUT2D eigenvalue weighted by Gasteiger charge is -2.17. The summed E-state index contributed by atoms with van der Waals surface area (Å²) in [5, 5.41) is 3.32. The van der Waals surface area contributed by atoms with Crippen LogP contribution >= 0.6 is 23.2 Å². The van der Waals surface area contributed by atoms with Gasteiger partial charge in [0, 0.05) is 5.69 Å². The van der Waals surface area contributed by atoms with Crippen LogP contribution in [0, 0.1) is 0 Å². The normalized spacial score (nSPS) is 11.8. The summed E-state index contributed by atoms with van der Waals surface area (Å²) >= 11 is 11.9. The summed E-state index contributed by atoms with van der Waals surface area (Å²) in [7, 11) is 0. The topological polar surface area (TPSA) is 64.3 Å². The van der Waals surface area contributed by atoms with Gasteiger partial charge in [-0.2, -0.15) is 0 Å². The molecule has 2 aromatic rings. The predicted octanol–water partition coefficient (Wildman–Crippen LogP) is 4.37. The van der Waals surface area contributed by atoms with Gasteiger partial charge in [-0.1, -0.05) is 48.3 Å². The Morgan fingerprint density at radius 3 is 2.36 bits per heavy atom. The van der Waals surface area contributed by atoms with E-state index >= 15 is 0 Å². The van der Waals surface area contributed by atoms with Gasteiger partial charge in [0.15, 0.2) is 6.10 Å². The maximum atomic E-state index is 12.3. The number of ether oxygens (including phenoxy) is 1. The van der Waals surface area contributed by atoms with Crippen molar-refractivity contribution in [2.75, 3.05) is 11.1 Å². The molecule has 1 amide bonds. The Balaban J connectivity index is 2.09. The summed E-state index contributed by atoms with van der Waals surface area (Å²) in [6, 6.07) is 12.3. The third-order valence-electron chi connectivity index (χ3n) is 3.03. The average Bonchev–Trinajstić information content (AvgIpc) is 2.51. The molecular formula is C16H16Cl2N2O2. The number of anilines is 2. The van der Waals surface area contributed by atoms with Crippen LogP contribution in [0.15, 0.2) is 42.5 Å². The van der Waals surface area contributed by atoms with Gasteiger partial charge < -0.3 is 15.8 Å². The minimum absolute atomic E-state index is 0.275.